The number of aromatic nitrogens is 4. The molecule has 1 saturated carbocycles. The van der Waals surface area contributed by atoms with E-state index < -0.39 is 39.2 Å². The Morgan fingerprint density at radius 3 is 2.41 bits per heavy atom. The van der Waals surface area contributed by atoms with Gasteiger partial charge in [0.1, 0.15) is 24.0 Å². The van der Waals surface area contributed by atoms with Crippen LogP contribution in [0.3, 0.4) is 0 Å². The topological polar surface area (TPSA) is 128 Å². The van der Waals surface area contributed by atoms with Gasteiger partial charge in [-0.05, 0) is 79.1 Å². The Morgan fingerprint density at radius 2 is 1.71 bits per heavy atom. The van der Waals surface area contributed by atoms with Crippen LogP contribution in [0.5, 0.6) is 0 Å². The summed E-state index contributed by atoms with van der Waals surface area (Å²) in [6.07, 6.45) is 3.70. The van der Waals surface area contributed by atoms with Crippen molar-refractivity contribution in [2.75, 3.05) is 26.3 Å². The first-order valence-corrected chi connectivity index (χ1v) is 18.0. The highest BCUT2D eigenvalue weighted by atomic mass is 79.9. The molecule has 3 aromatic carbocycles. The molecule has 1 amide bonds. The van der Waals surface area contributed by atoms with Gasteiger partial charge in [-0.25, -0.2) is 22.2 Å². The summed E-state index contributed by atoms with van der Waals surface area (Å²) in [5.74, 6) is -1.58. The predicted octanol–water partition coefficient (Wildman–Crippen LogP) is 4.62. The van der Waals surface area contributed by atoms with Crippen molar-refractivity contribution in [2.45, 2.75) is 42.7 Å². The second-order valence-corrected chi connectivity index (χ2v) is 15.0. The minimum absolute atomic E-state index is 0.0373. The first kappa shape index (κ1) is 33.2. The Labute approximate surface area is 288 Å². The number of hydrogen-bond acceptors (Lipinski definition) is 7. The molecule has 1 atom stereocenters. The van der Waals surface area contributed by atoms with Crippen molar-refractivity contribution in [2.24, 2.45) is 0 Å². The molecule has 1 aliphatic carbocycles. The third-order valence-corrected chi connectivity index (χ3v) is 10.9. The summed E-state index contributed by atoms with van der Waals surface area (Å²) < 4.78 is 65.5. The lowest BCUT2D eigenvalue weighted by molar-refractivity contribution is -0.122. The summed E-state index contributed by atoms with van der Waals surface area (Å²) in [5.41, 5.74) is 1.25. The first-order valence-electron chi connectivity index (χ1n) is 15.7. The fourth-order valence-corrected chi connectivity index (χ4v) is 7.74. The Kier molecular flexibility index (Phi) is 9.17. The summed E-state index contributed by atoms with van der Waals surface area (Å²) >= 11 is 3.42. The SMILES string of the molecule is O=C(Cn1ccc(C2CC2)n1)N[C@H](Cc1cc(F)cc(F)c1)c1nc2cc(Br)ccc2c(=O)n1-c1ccc(S(=O)(=O)N2CCOCC2)cc1. The van der Waals surface area contributed by atoms with Crippen LogP contribution in [0.15, 0.2) is 87.1 Å². The molecule has 254 valence electrons. The van der Waals surface area contributed by atoms with E-state index in [0.29, 0.717) is 29.1 Å². The molecule has 11 nitrogen and oxygen atoms in total. The summed E-state index contributed by atoms with van der Waals surface area (Å²) in [4.78, 5) is 32.6. The monoisotopic (exact) mass is 752 g/mol. The van der Waals surface area contributed by atoms with E-state index in [4.69, 9.17) is 9.72 Å². The first-order chi connectivity index (χ1) is 23.5. The number of carbonyl (C=O) groups is 1. The lowest BCUT2D eigenvalue weighted by Gasteiger charge is -2.26. The Morgan fingerprint density at radius 1 is 1.00 bits per heavy atom. The zero-order valence-corrected chi connectivity index (χ0v) is 28.5. The highest BCUT2D eigenvalue weighted by Gasteiger charge is 2.29. The molecule has 0 radical (unpaired) electrons. The van der Waals surface area contributed by atoms with E-state index in [1.165, 1.54) is 37.8 Å². The maximum atomic E-state index is 14.4. The molecule has 1 aliphatic heterocycles. The van der Waals surface area contributed by atoms with Crippen LogP contribution in [0.4, 0.5) is 8.78 Å². The molecule has 0 spiro atoms. The van der Waals surface area contributed by atoms with Gasteiger partial charge in [0, 0.05) is 42.2 Å². The van der Waals surface area contributed by atoms with Crippen molar-refractivity contribution in [3.8, 4) is 5.69 Å². The van der Waals surface area contributed by atoms with Gasteiger partial charge in [0.25, 0.3) is 5.56 Å². The van der Waals surface area contributed by atoms with E-state index in [9.17, 15) is 26.8 Å². The lowest BCUT2D eigenvalue weighted by Crippen LogP contribution is -2.40. The number of nitrogens with one attached hydrogen (secondary N) is 1. The Bertz CT molecular complexity index is 2200. The van der Waals surface area contributed by atoms with E-state index in [2.05, 4.69) is 26.3 Å². The Balaban J connectivity index is 1.31. The van der Waals surface area contributed by atoms with Crippen LogP contribution in [0.25, 0.3) is 16.6 Å². The molecule has 5 aromatic rings. The van der Waals surface area contributed by atoms with Crippen LogP contribution < -0.4 is 10.9 Å². The van der Waals surface area contributed by atoms with Crippen molar-refractivity contribution in [3.63, 3.8) is 0 Å². The summed E-state index contributed by atoms with van der Waals surface area (Å²) in [5, 5.41) is 7.70. The normalized spacial score (nSPS) is 16.1. The average molecular weight is 754 g/mol. The summed E-state index contributed by atoms with van der Waals surface area (Å²) in [7, 11) is -3.82. The molecular formula is C34H31BrF2N6O5S. The van der Waals surface area contributed by atoms with Crippen molar-refractivity contribution in [3.05, 3.63) is 116 Å². The van der Waals surface area contributed by atoms with E-state index in [1.807, 2.05) is 6.07 Å². The number of nitrogens with zero attached hydrogens (tertiary/aromatic N) is 5. The van der Waals surface area contributed by atoms with Crippen LogP contribution >= 0.6 is 15.9 Å². The third-order valence-electron chi connectivity index (χ3n) is 8.53. The van der Waals surface area contributed by atoms with E-state index in [1.54, 1.807) is 24.4 Å². The van der Waals surface area contributed by atoms with Crippen molar-refractivity contribution >= 4 is 42.8 Å². The van der Waals surface area contributed by atoms with Gasteiger partial charge in [0.15, 0.2) is 0 Å². The molecule has 0 bridgehead atoms. The van der Waals surface area contributed by atoms with Crippen molar-refractivity contribution in [1.82, 2.24) is 29.0 Å². The van der Waals surface area contributed by atoms with Crippen LogP contribution in [0.1, 0.15) is 41.9 Å². The molecule has 1 N–H and O–H groups in total. The van der Waals surface area contributed by atoms with Gasteiger partial charge < -0.3 is 10.1 Å². The number of rotatable bonds is 10. The summed E-state index contributed by atoms with van der Waals surface area (Å²) in [6, 6.07) is 14.7. The fraction of sp³-hybridized carbons (Fsp3) is 0.294. The molecule has 0 unspecified atom stereocenters. The maximum Gasteiger partial charge on any atom is 0.266 e. The van der Waals surface area contributed by atoms with Crippen molar-refractivity contribution < 1.29 is 26.7 Å². The minimum atomic E-state index is -3.82. The number of halogens is 3. The molecular weight excluding hydrogens is 722 g/mol. The van der Waals surface area contributed by atoms with E-state index in [0.717, 1.165) is 36.7 Å². The zero-order chi connectivity index (χ0) is 34.3. The van der Waals surface area contributed by atoms with Gasteiger partial charge in [-0.1, -0.05) is 15.9 Å². The number of ether oxygens (including phenoxy) is 1. The molecule has 2 aliphatic rings. The highest BCUT2D eigenvalue weighted by molar-refractivity contribution is 9.10. The molecule has 49 heavy (non-hydrogen) atoms. The number of hydrogen-bond donors (Lipinski definition) is 1. The smallest absolute Gasteiger partial charge is 0.266 e. The summed E-state index contributed by atoms with van der Waals surface area (Å²) in [6.45, 7) is 0.886. The number of amides is 1. The molecule has 1 saturated heterocycles. The standard InChI is InChI=1S/C34H31BrF2N6O5S/c35-23-3-8-28-30(18-23)39-33(43(34(28)45)26-4-6-27(7-5-26)49(46,47)42-11-13-48-14-12-42)31(17-21-15-24(36)19-25(37)16-21)38-32(44)20-41-10-9-29(40-41)22-1-2-22/h3-10,15-16,18-19,22,31H,1-2,11-14,17,20H2,(H,38,44)/t31-/m1/s1. The molecule has 3 heterocycles. The second kappa shape index (κ2) is 13.5. The predicted molar refractivity (Wildman–Crippen MR) is 180 cm³/mol. The number of carbonyl (C=O) groups excluding carboxylic acids is 1. The van der Waals surface area contributed by atoms with Crippen LogP contribution in [-0.2, 0) is 32.5 Å². The van der Waals surface area contributed by atoms with E-state index in [-0.39, 0.29) is 53.4 Å². The lowest BCUT2D eigenvalue weighted by atomic mass is 10.0. The number of fused-ring (bicyclic) bond motifs is 1. The second-order valence-electron chi connectivity index (χ2n) is 12.1. The Hall–Kier alpha value is -4.31. The van der Waals surface area contributed by atoms with Crippen LogP contribution in [0, 0.1) is 11.6 Å². The zero-order valence-electron chi connectivity index (χ0n) is 26.1. The highest BCUT2D eigenvalue weighted by Crippen LogP contribution is 2.38. The maximum absolute atomic E-state index is 14.4. The van der Waals surface area contributed by atoms with Gasteiger partial charge in [0.2, 0.25) is 15.9 Å². The average Bonchev–Trinajstić information content (AvgIpc) is 3.82. The largest absolute Gasteiger partial charge is 0.379 e. The van der Waals surface area contributed by atoms with Gasteiger partial charge in [-0.3, -0.25) is 18.8 Å². The van der Waals surface area contributed by atoms with Crippen LogP contribution in [0.2, 0.25) is 0 Å². The number of sulfonamides is 1. The third kappa shape index (κ3) is 7.20. The van der Waals surface area contributed by atoms with Gasteiger partial charge >= 0.3 is 0 Å². The fourth-order valence-electron chi connectivity index (χ4n) is 5.98. The molecule has 15 heteroatoms. The van der Waals surface area contributed by atoms with Crippen molar-refractivity contribution in [1.29, 1.82) is 0 Å². The molecule has 7 rings (SSSR count). The van der Waals surface area contributed by atoms with Crippen LogP contribution in [-0.4, -0.2) is 64.3 Å². The quantitative estimate of drug-likeness (QED) is 0.221. The molecule has 2 fully saturated rings. The molecule has 2 aromatic heterocycles. The minimum Gasteiger partial charge on any atom is -0.379 e. The van der Waals surface area contributed by atoms with Gasteiger partial charge in [-0.15, -0.1) is 0 Å². The van der Waals surface area contributed by atoms with Gasteiger partial charge in [0.05, 0.1) is 46.4 Å². The van der Waals surface area contributed by atoms with E-state index >= 15 is 0 Å². The number of benzene rings is 3. The van der Waals surface area contributed by atoms with Gasteiger partial charge in [-0.2, -0.15) is 9.40 Å². The number of morpholine rings is 1.